The first kappa shape index (κ1) is 9.27. The van der Waals surface area contributed by atoms with Gasteiger partial charge in [-0.05, 0) is 31.2 Å². The van der Waals surface area contributed by atoms with Gasteiger partial charge in [-0.3, -0.25) is 0 Å². The maximum absolute atomic E-state index is 5.52. The Bertz CT molecular complexity index is 422. The minimum atomic E-state index is 0.657. The number of benzene rings is 1. The summed E-state index contributed by atoms with van der Waals surface area (Å²) in [5.74, 6) is 2.29. The van der Waals surface area contributed by atoms with Crippen LogP contribution in [0.25, 0.3) is 0 Å². The molecule has 1 aromatic heterocycles. The lowest BCUT2D eigenvalue weighted by molar-refractivity contribution is 0.465. The molecule has 0 atom stereocenters. The quantitative estimate of drug-likeness (QED) is 0.891. The molecule has 4 heteroatoms. The number of hydrogen-bond donors (Lipinski definition) is 1. The summed E-state index contributed by atoms with van der Waals surface area (Å²) in [5.41, 5.74) is 0. The highest BCUT2D eigenvalue weighted by Crippen LogP contribution is 2.21. The van der Waals surface area contributed by atoms with Crippen LogP contribution < -0.4 is 4.74 Å². The van der Waals surface area contributed by atoms with E-state index in [1.54, 1.807) is 6.20 Å². The van der Waals surface area contributed by atoms with Crippen LogP contribution in [-0.2, 0) is 0 Å². The Morgan fingerprint density at radius 3 is 2.57 bits per heavy atom. The number of nitrogens with zero attached hydrogens (tertiary/aromatic N) is 1. The van der Waals surface area contributed by atoms with Crippen LogP contribution in [0.3, 0.4) is 0 Å². The van der Waals surface area contributed by atoms with Crippen LogP contribution in [0.2, 0.25) is 0 Å². The van der Waals surface area contributed by atoms with Gasteiger partial charge >= 0.3 is 0 Å². The summed E-state index contributed by atoms with van der Waals surface area (Å²) in [6, 6.07) is 7.64. The highest BCUT2D eigenvalue weighted by Gasteiger charge is 1.99. The van der Waals surface area contributed by atoms with E-state index in [0.29, 0.717) is 5.88 Å². The number of aromatic amines is 1. The van der Waals surface area contributed by atoms with E-state index < -0.39 is 0 Å². The summed E-state index contributed by atoms with van der Waals surface area (Å²) in [6.07, 6.45) is 1.66. The Labute approximate surface area is 90.3 Å². The normalized spacial score (nSPS) is 10.1. The SMILES string of the molecule is Cc1ncc(Oc2ccc(Br)cc2)[nH]1. The minimum Gasteiger partial charge on any atom is -0.439 e. The van der Waals surface area contributed by atoms with Crippen LogP contribution in [0.4, 0.5) is 0 Å². The van der Waals surface area contributed by atoms with Crippen molar-refractivity contribution in [2.24, 2.45) is 0 Å². The van der Waals surface area contributed by atoms with Gasteiger partial charge in [0.2, 0.25) is 5.88 Å². The largest absolute Gasteiger partial charge is 0.439 e. The third kappa shape index (κ3) is 2.14. The third-order valence-corrected chi connectivity index (χ3v) is 2.25. The fourth-order valence-electron chi connectivity index (χ4n) is 1.08. The molecule has 0 aliphatic rings. The van der Waals surface area contributed by atoms with E-state index in [2.05, 4.69) is 25.9 Å². The summed E-state index contributed by atoms with van der Waals surface area (Å²) < 4.78 is 6.55. The van der Waals surface area contributed by atoms with Gasteiger partial charge in [0.05, 0.1) is 6.20 Å². The van der Waals surface area contributed by atoms with E-state index in [-0.39, 0.29) is 0 Å². The molecule has 0 saturated heterocycles. The summed E-state index contributed by atoms with van der Waals surface area (Å²) >= 11 is 3.36. The fourth-order valence-corrected chi connectivity index (χ4v) is 1.34. The minimum absolute atomic E-state index is 0.657. The summed E-state index contributed by atoms with van der Waals surface area (Å²) in [4.78, 5) is 7.03. The molecule has 0 aliphatic carbocycles. The van der Waals surface area contributed by atoms with E-state index in [9.17, 15) is 0 Å². The van der Waals surface area contributed by atoms with Crippen LogP contribution in [0.5, 0.6) is 11.6 Å². The first-order chi connectivity index (χ1) is 6.74. The highest BCUT2D eigenvalue weighted by atomic mass is 79.9. The first-order valence-corrected chi connectivity index (χ1v) is 4.98. The van der Waals surface area contributed by atoms with Crippen molar-refractivity contribution in [1.82, 2.24) is 9.97 Å². The summed E-state index contributed by atoms with van der Waals surface area (Å²) in [7, 11) is 0. The number of H-pyrrole nitrogens is 1. The molecule has 0 radical (unpaired) electrons. The molecule has 1 N–H and O–H groups in total. The van der Waals surface area contributed by atoms with Crippen molar-refractivity contribution in [3.8, 4) is 11.6 Å². The van der Waals surface area contributed by atoms with Crippen molar-refractivity contribution >= 4 is 15.9 Å². The highest BCUT2D eigenvalue weighted by molar-refractivity contribution is 9.10. The Morgan fingerprint density at radius 1 is 1.29 bits per heavy atom. The van der Waals surface area contributed by atoms with Crippen LogP contribution in [0, 0.1) is 6.92 Å². The molecule has 3 nitrogen and oxygen atoms in total. The smallest absolute Gasteiger partial charge is 0.217 e. The molecule has 2 aromatic rings. The lowest BCUT2D eigenvalue weighted by atomic mass is 10.3. The van der Waals surface area contributed by atoms with Gasteiger partial charge in [-0.1, -0.05) is 15.9 Å². The molecule has 0 unspecified atom stereocenters. The molecule has 1 heterocycles. The van der Waals surface area contributed by atoms with Crippen molar-refractivity contribution in [2.45, 2.75) is 6.92 Å². The van der Waals surface area contributed by atoms with Crippen LogP contribution in [0.1, 0.15) is 5.82 Å². The maximum atomic E-state index is 5.52. The van der Waals surface area contributed by atoms with Gasteiger partial charge in [0, 0.05) is 4.47 Å². The molecule has 0 spiro atoms. The van der Waals surface area contributed by atoms with Crippen molar-refractivity contribution < 1.29 is 4.74 Å². The van der Waals surface area contributed by atoms with Gasteiger partial charge in [0.1, 0.15) is 11.6 Å². The fraction of sp³-hybridized carbons (Fsp3) is 0.100. The number of imidazole rings is 1. The molecule has 0 saturated carbocycles. The zero-order valence-electron chi connectivity index (χ0n) is 7.62. The van der Waals surface area contributed by atoms with Gasteiger partial charge in [0.25, 0.3) is 0 Å². The predicted octanol–water partition coefficient (Wildman–Crippen LogP) is 3.27. The van der Waals surface area contributed by atoms with Crippen LogP contribution in [-0.4, -0.2) is 9.97 Å². The van der Waals surface area contributed by atoms with E-state index in [0.717, 1.165) is 16.0 Å². The van der Waals surface area contributed by atoms with Gasteiger partial charge in [-0.2, -0.15) is 0 Å². The molecule has 72 valence electrons. The predicted molar refractivity (Wildman–Crippen MR) is 57.5 cm³/mol. The number of ether oxygens (including phenoxy) is 1. The third-order valence-electron chi connectivity index (χ3n) is 1.72. The molecule has 0 fully saturated rings. The first-order valence-electron chi connectivity index (χ1n) is 4.19. The average Bonchev–Trinajstić information content (AvgIpc) is 2.56. The second kappa shape index (κ2) is 3.84. The van der Waals surface area contributed by atoms with Crippen molar-refractivity contribution in [2.75, 3.05) is 0 Å². The summed E-state index contributed by atoms with van der Waals surface area (Å²) in [5, 5.41) is 0. The second-order valence-electron chi connectivity index (χ2n) is 2.89. The van der Waals surface area contributed by atoms with Crippen molar-refractivity contribution in [3.05, 3.63) is 40.8 Å². The maximum Gasteiger partial charge on any atom is 0.217 e. The second-order valence-corrected chi connectivity index (χ2v) is 3.80. The van der Waals surface area contributed by atoms with Crippen molar-refractivity contribution in [1.29, 1.82) is 0 Å². The Kier molecular flexibility index (Phi) is 2.54. The van der Waals surface area contributed by atoms with Crippen LogP contribution in [0.15, 0.2) is 34.9 Å². The molecule has 0 amide bonds. The summed E-state index contributed by atoms with van der Waals surface area (Å²) in [6.45, 7) is 1.88. The van der Waals surface area contributed by atoms with E-state index >= 15 is 0 Å². The van der Waals surface area contributed by atoms with E-state index in [1.165, 1.54) is 0 Å². The van der Waals surface area contributed by atoms with Crippen LogP contribution >= 0.6 is 15.9 Å². The Balaban J connectivity index is 2.15. The number of rotatable bonds is 2. The molecular weight excluding hydrogens is 244 g/mol. The number of nitrogens with one attached hydrogen (secondary N) is 1. The zero-order valence-corrected chi connectivity index (χ0v) is 9.21. The number of hydrogen-bond acceptors (Lipinski definition) is 2. The van der Waals surface area contributed by atoms with Gasteiger partial charge in [-0.25, -0.2) is 4.98 Å². The standard InChI is InChI=1S/C10H9BrN2O/c1-7-12-6-10(13-7)14-9-4-2-8(11)3-5-9/h2-6H,1H3,(H,12,13). The topological polar surface area (TPSA) is 37.9 Å². The van der Waals surface area contributed by atoms with Gasteiger partial charge in [0.15, 0.2) is 0 Å². The molecule has 0 aliphatic heterocycles. The van der Waals surface area contributed by atoms with Crippen molar-refractivity contribution in [3.63, 3.8) is 0 Å². The molecule has 0 bridgehead atoms. The zero-order chi connectivity index (χ0) is 9.97. The number of halogens is 1. The van der Waals surface area contributed by atoms with Gasteiger partial charge < -0.3 is 9.72 Å². The van der Waals surface area contributed by atoms with E-state index in [4.69, 9.17) is 4.74 Å². The van der Waals surface area contributed by atoms with E-state index in [1.807, 2.05) is 31.2 Å². The number of aryl methyl sites for hydroxylation is 1. The molecular formula is C10H9BrN2O. The molecule has 2 rings (SSSR count). The Hall–Kier alpha value is -1.29. The molecule has 1 aromatic carbocycles. The monoisotopic (exact) mass is 252 g/mol. The number of aromatic nitrogens is 2. The van der Waals surface area contributed by atoms with Gasteiger partial charge in [-0.15, -0.1) is 0 Å². The lowest BCUT2D eigenvalue weighted by Gasteiger charge is -2.01. The lowest BCUT2D eigenvalue weighted by Crippen LogP contribution is -1.83. The Morgan fingerprint density at radius 2 is 2.00 bits per heavy atom. The molecule has 14 heavy (non-hydrogen) atoms. The average molecular weight is 253 g/mol.